The SMILES string of the molecule is CC(C)Cn1cc(CC[N+]2=CC(C(C)C)C=N2)nn1. The number of hydrogen-bond acceptors (Lipinski definition) is 3. The van der Waals surface area contributed by atoms with Crippen molar-refractivity contribution in [1.29, 1.82) is 0 Å². The molecule has 1 aliphatic rings. The minimum Gasteiger partial charge on any atom is -0.252 e. The van der Waals surface area contributed by atoms with Crippen LogP contribution in [0.25, 0.3) is 0 Å². The Labute approximate surface area is 115 Å². The Morgan fingerprint density at radius 1 is 1.32 bits per heavy atom. The van der Waals surface area contributed by atoms with Crippen molar-refractivity contribution >= 4 is 12.4 Å². The normalized spacial score (nSPS) is 18.6. The predicted molar refractivity (Wildman–Crippen MR) is 76.6 cm³/mol. The zero-order valence-electron chi connectivity index (χ0n) is 12.3. The first-order valence-electron chi connectivity index (χ1n) is 7.09. The van der Waals surface area contributed by atoms with E-state index in [2.05, 4.69) is 49.3 Å². The Morgan fingerprint density at radius 3 is 2.74 bits per heavy atom. The molecule has 0 aliphatic carbocycles. The van der Waals surface area contributed by atoms with Gasteiger partial charge in [0.25, 0.3) is 0 Å². The zero-order valence-corrected chi connectivity index (χ0v) is 12.3. The van der Waals surface area contributed by atoms with Gasteiger partial charge in [-0.1, -0.05) is 37.6 Å². The van der Waals surface area contributed by atoms with Crippen LogP contribution in [-0.2, 0) is 13.0 Å². The van der Waals surface area contributed by atoms with Crippen LogP contribution in [0, 0.1) is 17.8 Å². The molecule has 1 aliphatic heterocycles. The van der Waals surface area contributed by atoms with Gasteiger partial charge in [-0.2, -0.15) is 0 Å². The predicted octanol–water partition coefficient (Wildman–Crippen LogP) is 1.83. The summed E-state index contributed by atoms with van der Waals surface area (Å²) >= 11 is 0. The van der Waals surface area contributed by atoms with E-state index in [1.165, 1.54) is 0 Å². The van der Waals surface area contributed by atoms with E-state index in [-0.39, 0.29) is 0 Å². The van der Waals surface area contributed by atoms with E-state index in [4.69, 9.17) is 0 Å². The van der Waals surface area contributed by atoms with Crippen LogP contribution in [-0.4, -0.2) is 38.7 Å². The van der Waals surface area contributed by atoms with E-state index in [0.717, 1.165) is 25.2 Å². The third kappa shape index (κ3) is 3.98. The highest BCUT2D eigenvalue weighted by Crippen LogP contribution is 2.10. The fourth-order valence-corrected chi connectivity index (χ4v) is 2.06. The lowest BCUT2D eigenvalue weighted by molar-refractivity contribution is -0.525. The standard InChI is InChI=1S/C14H24N5/c1-11(2)8-19-10-14(16-17-19)5-6-18-9-13(7-15-18)12(3)4/h7,9-13H,5-6,8H2,1-4H3/q+1. The van der Waals surface area contributed by atoms with Crippen molar-refractivity contribution in [1.82, 2.24) is 15.0 Å². The first-order valence-corrected chi connectivity index (χ1v) is 7.09. The number of hydrazone groups is 1. The molecule has 0 amide bonds. The van der Waals surface area contributed by atoms with Crippen molar-refractivity contribution in [2.24, 2.45) is 22.9 Å². The molecule has 0 saturated heterocycles. The van der Waals surface area contributed by atoms with Gasteiger partial charge in [0.15, 0.2) is 12.8 Å². The third-order valence-electron chi connectivity index (χ3n) is 3.24. The maximum atomic E-state index is 4.41. The van der Waals surface area contributed by atoms with Crippen LogP contribution < -0.4 is 0 Å². The van der Waals surface area contributed by atoms with Gasteiger partial charge < -0.3 is 0 Å². The van der Waals surface area contributed by atoms with Gasteiger partial charge in [0, 0.05) is 12.7 Å². The monoisotopic (exact) mass is 262 g/mol. The lowest BCUT2D eigenvalue weighted by atomic mass is 9.99. The van der Waals surface area contributed by atoms with Gasteiger partial charge in [0.2, 0.25) is 0 Å². The molecular weight excluding hydrogens is 238 g/mol. The Bertz CT molecular complexity index is 470. The van der Waals surface area contributed by atoms with E-state index >= 15 is 0 Å². The molecular formula is C14H24N5+. The summed E-state index contributed by atoms with van der Waals surface area (Å²) in [6.07, 6.45) is 7.15. The molecule has 0 N–H and O–H groups in total. The molecule has 0 saturated carbocycles. The van der Waals surface area contributed by atoms with E-state index in [0.29, 0.717) is 17.8 Å². The number of rotatable bonds is 6. The summed E-state index contributed by atoms with van der Waals surface area (Å²) in [6, 6.07) is 0. The van der Waals surface area contributed by atoms with Gasteiger partial charge in [-0.05, 0) is 16.9 Å². The fourth-order valence-electron chi connectivity index (χ4n) is 2.06. The number of aromatic nitrogens is 3. The van der Waals surface area contributed by atoms with Gasteiger partial charge in [0.1, 0.15) is 0 Å². The molecule has 104 valence electrons. The maximum absolute atomic E-state index is 4.41. The van der Waals surface area contributed by atoms with Crippen LogP contribution in [0.5, 0.6) is 0 Å². The highest BCUT2D eigenvalue weighted by molar-refractivity contribution is 5.83. The van der Waals surface area contributed by atoms with Gasteiger partial charge in [-0.25, -0.2) is 0 Å². The lowest BCUT2D eigenvalue weighted by Gasteiger charge is -2.01. The summed E-state index contributed by atoms with van der Waals surface area (Å²) in [4.78, 5) is 0. The van der Waals surface area contributed by atoms with E-state index in [9.17, 15) is 0 Å². The molecule has 5 nitrogen and oxygen atoms in total. The molecule has 2 rings (SSSR count). The molecule has 1 unspecified atom stereocenters. The van der Waals surface area contributed by atoms with Crippen LogP contribution in [0.2, 0.25) is 0 Å². The van der Waals surface area contributed by atoms with Crippen LogP contribution in [0.4, 0.5) is 0 Å². The second kappa shape index (κ2) is 6.08. The van der Waals surface area contributed by atoms with Crippen LogP contribution in [0.3, 0.4) is 0 Å². The van der Waals surface area contributed by atoms with E-state index < -0.39 is 0 Å². The second-order valence-electron chi connectivity index (χ2n) is 5.97. The third-order valence-corrected chi connectivity index (χ3v) is 3.24. The van der Waals surface area contributed by atoms with Crippen molar-refractivity contribution in [2.45, 2.75) is 40.7 Å². The number of nitrogens with zero attached hydrogens (tertiary/aromatic N) is 5. The largest absolute Gasteiger partial charge is 0.252 e. The molecule has 0 aromatic carbocycles. The van der Waals surface area contributed by atoms with Gasteiger partial charge in [-0.15, -0.1) is 5.10 Å². The molecule has 2 heterocycles. The summed E-state index contributed by atoms with van der Waals surface area (Å²) in [5, 5.41) is 12.8. The minimum absolute atomic E-state index is 0.469. The van der Waals surface area contributed by atoms with Crippen molar-refractivity contribution in [3.8, 4) is 0 Å². The summed E-state index contributed by atoms with van der Waals surface area (Å²) in [7, 11) is 0. The Kier molecular flexibility index (Phi) is 4.45. The maximum Gasteiger partial charge on any atom is 0.181 e. The topological polar surface area (TPSA) is 46.1 Å². The molecule has 1 atom stereocenters. The molecule has 0 fully saturated rings. The van der Waals surface area contributed by atoms with Crippen LogP contribution >= 0.6 is 0 Å². The van der Waals surface area contributed by atoms with Crippen molar-refractivity contribution < 1.29 is 4.68 Å². The van der Waals surface area contributed by atoms with E-state index in [1.54, 1.807) is 0 Å². The van der Waals surface area contributed by atoms with Gasteiger partial charge in [-0.3, -0.25) is 4.68 Å². The van der Waals surface area contributed by atoms with Crippen LogP contribution in [0.15, 0.2) is 11.3 Å². The quantitative estimate of drug-likeness (QED) is 0.734. The Balaban J connectivity index is 1.85. The van der Waals surface area contributed by atoms with Crippen molar-refractivity contribution in [3.05, 3.63) is 11.9 Å². The summed E-state index contributed by atoms with van der Waals surface area (Å²) in [5.74, 6) is 1.68. The first-order chi connectivity index (χ1) is 9.04. The second-order valence-corrected chi connectivity index (χ2v) is 5.97. The first kappa shape index (κ1) is 13.9. The zero-order chi connectivity index (χ0) is 13.8. The molecule has 0 spiro atoms. The van der Waals surface area contributed by atoms with Crippen LogP contribution in [0.1, 0.15) is 33.4 Å². The number of hydrogen-bond donors (Lipinski definition) is 0. The average molecular weight is 262 g/mol. The molecule has 0 radical (unpaired) electrons. The Morgan fingerprint density at radius 2 is 2.11 bits per heavy atom. The molecule has 1 aromatic rings. The summed E-state index contributed by atoms with van der Waals surface area (Å²) < 4.78 is 3.94. The minimum atomic E-state index is 0.469. The summed E-state index contributed by atoms with van der Waals surface area (Å²) in [6.45, 7) is 10.6. The van der Waals surface area contributed by atoms with Crippen molar-refractivity contribution in [3.63, 3.8) is 0 Å². The van der Waals surface area contributed by atoms with Crippen molar-refractivity contribution in [2.75, 3.05) is 6.54 Å². The highest BCUT2D eigenvalue weighted by atomic mass is 15.4. The molecule has 1 aromatic heterocycles. The van der Waals surface area contributed by atoms with E-state index in [1.807, 2.05) is 21.8 Å². The van der Waals surface area contributed by atoms with Gasteiger partial charge in [0.05, 0.1) is 24.2 Å². The molecule has 19 heavy (non-hydrogen) atoms. The Hall–Kier alpha value is -1.52. The highest BCUT2D eigenvalue weighted by Gasteiger charge is 2.21. The average Bonchev–Trinajstić information content (AvgIpc) is 2.94. The fraction of sp³-hybridized carbons (Fsp3) is 0.714. The van der Waals surface area contributed by atoms with Gasteiger partial charge >= 0.3 is 0 Å². The summed E-state index contributed by atoms with van der Waals surface area (Å²) in [5.41, 5.74) is 1.04. The molecule has 5 heteroatoms. The smallest absolute Gasteiger partial charge is 0.181 e. The lowest BCUT2D eigenvalue weighted by Crippen LogP contribution is -2.13. The molecule has 0 bridgehead atoms.